The summed E-state index contributed by atoms with van der Waals surface area (Å²) in [5, 5.41) is 5.01. The van der Waals surface area contributed by atoms with Crippen LogP contribution in [0.15, 0.2) is 18.5 Å². The molecular weight excluding hydrogens is 705 g/mol. The summed E-state index contributed by atoms with van der Waals surface area (Å²) in [6.07, 6.45) is 1.21. The predicted molar refractivity (Wildman–Crippen MR) is 156 cm³/mol. The van der Waals surface area contributed by atoms with Gasteiger partial charge in [-0.05, 0) is 66.4 Å². The van der Waals surface area contributed by atoms with Crippen molar-refractivity contribution in [2.75, 3.05) is 26.8 Å². The highest BCUT2D eigenvalue weighted by Crippen LogP contribution is 2.42. The Balaban J connectivity index is 0.000000315. The number of halogens is 7. The highest BCUT2D eigenvalue weighted by molar-refractivity contribution is 14.2. The van der Waals surface area contributed by atoms with Crippen LogP contribution in [0.25, 0.3) is 33.1 Å². The van der Waals surface area contributed by atoms with Gasteiger partial charge in [-0.2, -0.15) is 28.2 Å². The van der Waals surface area contributed by atoms with Crippen molar-refractivity contribution in [3.8, 4) is 23.1 Å². The highest BCUT2D eigenvalue weighted by Gasteiger charge is 2.35. The minimum absolute atomic E-state index is 0.130. The Hall–Kier alpha value is -2.16. The molecule has 5 heterocycles. The van der Waals surface area contributed by atoms with Gasteiger partial charge in [0.2, 0.25) is 5.88 Å². The van der Waals surface area contributed by atoms with E-state index in [2.05, 4.69) is 47.0 Å². The second-order valence-electron chi connectivity index (χ2n) is 9.68. The number of ether oxygens (including phenoxy) is 2. The van der Waals surface area contributed by atoms with Crippen molar-refractivity contribution in [3.05, 3.63) is 34.9 Å². The Morgan fingerprint density at radius 2 is 2.00 bits per heavy atom. The average molecular weight is 729 g/mol. The lowest BCUT2D eigenvalue weighted by molar-refractivity contribution is -0.153. The predicted octanol–water partition coefficient (Wildman–Crippen LogP) is 7.08. The molecule has 3 unspecified atom stereocenters. The Bertz CT molecular complexity index is 1580. The molecule has 0 amide bonds. The van der Waals surface area contributed by atoms with Gasteiger partial charge in [-0.1, -0.05) is 11.6 Å². The van der Waals surface area contributed by atoms with Crippen molar-refractivity contribution in [1.82, 2.24) is 29.4 Å². The molecule has 2 fully saturated rings. The molecule has 4 aromatic rings. The minimum atomic E-state index is -4.61. The van der Waals surface area contributed by atoms with Crippen LogP contribution in [0.1, 0.15) is 24.8 Å². The van der Waals surface area contributed by atoms with E-state index in [1.54, 1.807) is 17.6 Å². The number of pyridine rings is 1. The Labute approximate surface area is 251 Å². The quantitative estimate of drug-likeness (QED) is 0.124. The molecule has 0 bridgehead atoms. The summed E-state index contributed by atoms with van der Waals surface area (Å²) in [6, 6.07) is 2.10. The first-order valence-electron chi connectivity index (χ1n) is 12.5. The molecule has 8 nitrogen and oxygen atoms in total. The lowest BCUT2D eigenvalue weighted by atomic mass is 10.0. The maximum absolute atomic E-state index is 15.7. The van der Waals surface area contributed by atoms with Crippen LogP contribution in [0.5, 0.6) is 11.9 Å². The van der Waals surface area contributed by atoms with E-state index in [-0.39, 0.29) is 27.6 Å². The molecule has 0 radical (unpaired) electrons. The number of nitrogens with zero attached hydrogens (tertiary/aromatic N) is 6. The highest BCUT2D eigenvalue weighted by atomic mass is 127. The monoisotopic (exact) mass is 728 g/mol. The molecule has 3 aromatic heterocycles. The number of rotatable bonds is 5. The zero-order chi connectivity index (χ0) is 29.5. The summed E-state index contributed by atoms with van der Waals surface area (Å²) in [5.41, 5.74) is 1.28. The number of aromatic nitrogens is 5. The number of hydrogen-bond acceptors (Lipinski definition) is 7. The molecule has 220 valence electrons. The number of alkyl halides is 4. The Kier molecular flexibility index (Phi) is 9.03. The fourth-order valence-corrected chi connectivity index (χ4v) is 6.91. The summed E-state index contributed by atoms with van der Waals surface area (Å²) in [5.74, 6) is -1.40. The normalized spacial score (nSPS) is 19.2. The van der Waals surface area contributed by atoms with Crippen molar-refractivity contribution in [3.63, 3.8) is 0 Å². The molecule has 2 aliphatic heterocycles. The van der Waals surface area contributed by atoms with Crippen LogP contribution >= 0.6 is 40.0 Å². The largest absolute Gasteiger partial charge is 0.467 e. The lowest BCUT2D eigenvalue weighted by Crippen LogP contribution is -2.22. The first-order valence-corrected chi connectivity index (χ1v) is 17.0. The van der Waals surface area contributed by atoms with E-state index in [0.29, 0.717) is 35.5 Å². The lowest BCUT2D eigenvalue weighted by Gasteiger charge is -2.14. The van der Waals surface area contributed by atoms with Gasteiger partial charge >= 0.3 is 12.2 Å². The molecule has 0 saturated carbocycles. The van der Waals surface area contributed by atoms with Gasteiger partial charge in [-0.25, -0.2) is 13.2 Å². The number of benzene rings is 1. The zero-order valence-corrected chi connectivity index (χ0v) is 25.7. The Morgan fingerprint density at radius 1 is 1.22 bits per heavy atom. The van der Waals surface area contributed by atoms with E-state index in [4.69, 9.17) is 21.1 Å². The van der Waals surface area contributed by atoms with Gasteiger partial charge in [0.05, 0.1) is 35.6 Å². The van der Waals surface area contributed by atoms with E-state index < -0.39 is 30.7 Å². The van der Waals surface area contributed by atoms with Gasteiger partial charge in [-0.15, -0.1) is 0 Å². The van der Waals surface area contributed by atoms with Crippen LogP contribution in [0.2, 0.25) is 5.02 Å². The SMILES string of the molecule is COc1nc(OCC(F)(F)F)c2cnc(-c3c(Cl)c(C)cc4c3cnn4PI)c(F)c2n1.FC1CC2CCCN2C1. The molecule has 0 aliphatic carbocycles. The molecule has 16 heteroatoms. The topological polar surface area (TPSA) is 78.2 Å². The molecule has 0 N–H and O–H groups in total. The molecular formula is C25H24ClF5IN6O2P. The molecule has 2 aliphatic rings. The average Bonchev–Trinajstić information content (AvgIpc) is 3.63. The standard InChI is InChI=1S/C18H12ClF4IN5O2P.C7H12FN/c1-7-3-10-8(5-26-29(10)32-24)11(12(7)19)15-13(20)14-9(4-25-15)16(28-17(27-14)30-2)31-6-18(21,22)23;8-6-4-7-2-1-3-9(7)5-6/h3-5,32H,6H2,1-2H3;6-7H,1-5H2. The van der Waals surface area contributed by atoms with E-state index in [9.17, 15) is 17.6 Å². The minimum Gasteiger partial charge on any atom is -0.467 e. The van der Waals surface area contributed by atoms with Gasteiger partial charge in [0.25, 0.3) is 0 Å². The van der Waals surface area contributed by atoms with Crippen molar-refractivity contribution in [2.45, 2.75) is 44.6 Å². The Morgan fingerprint density at radius 3 is 2.68 bits per heavy atom. The van der Waals surface area contributed by atoms with Gasteiger partial charge < -0.3 is 9.47 Å². The van der Waals surface area contributed by atoms with Gasteiger partial charge in [0, 0.05) is 29.7 Å². The maximum atomic E-state index is 15.7. The van der Waals surface area contributed by atoms with Crippen LogP contribution in [0.3, 0.4) is 0 Å². The number of fused-ring (bicyclic) bond motifs is 3. The molecule has 41 heavy (non-hydrogen) atoms. The van der Waals surface area contributed by atoms with E-state index in [1.807, 2.05) is 6.07 Å². The molecule has 6 rings (SSSR count). The summed E-state index contributed by atoms with van der Waals surface area (Å²) < 4.78 is 77.6. The van der Waals surface area contributed by atoms with Crippen molar-refractivity contribution >= 4 is 61.8 Å². The van der Waals surface area contributed by atoms with E-state index in [0.717, 1.165) is 24.7 Å². The summed E-state index contributed by atoms with van der Waals surface area (Å²) in [4.78, 5) is 14.2. The second kappa shape index (κ2) is 12.2. The molecule has 3 atom stereocenters. The maximum Gasteiger partial charge on any atom is 0.422 e. The number of aryl methyl sites for hydroxylation is 1. The smallest absolute Gasteiger partial charge is 0.422 e. The van der Waals surface area contributed by atoms with Crippen LogP contribution in [-0.2, 0) is 0 Å². The zero-order valence-electron chi connectivity index (χ0n) is 21.8. The third kappa shape index (κ3) is 6.30. The van der Waals surface area contributed by atoms with E-state index >= 15 is 4.39 Å². The third-order valence-corrected chi connectivity index (χ3v) is 9.33. The van der Waals surface area contributed by atoms with Crippen molar-refractivity contribution in [1.29, 1.82) is 0 Å². The van der Waals surface area contributed by atoms with Crippen molar-refractivity contribution < 1.29 is 31.4 Å². The molecule has 1 aromatic carbocycles. The fourth-order valence-electron chi connectivity index (χ4n) is 5.14. The molecule has 0 spiro atoms. The van der Waals surface area contributed by atoms with Gasteiger partial charge in [0.1, 0.15) is 17.4 Å². The summed E-state index contributed by atoms with van der Waals surface area (Å²) in [6.45, 7) is 2.01. The van der Waals surface area contributed by atoms with Crippen LogP contribution in [0.4, 0.5) is 22.0 Å². The third-order valence-electron chi connectivity index (χ3n) is 6.95. The fraction of sp³-hybridized carbons (Fsp3) is 0.440. The molecule has 2 saturated heterocycles. The first-order chi connectivity index (χ1) is 19.5. The van der Waals surface area contributed by atoms with Gasteiger partial charge in [0.15, 0.2) is 12.4 Å². The first kappa shape index (κ1) is 30.3. The summed E-state index contributed by atoms with van der Waals surface area (Å²) in [7, 11) is 1.20. The van der Waals surface area contributed by atoms with Crippen LogP contribution in [-0.4, -0.2) is 74.6 Å². The van der Waals surface area contributed by atoms with E-state index in [1.165, 1.54) is 20.0 Å². The van der Waals surface area contributed by atoms with Crippen molar-refractivity contribution in [2.24, 2.45) is 0 Å². The van der Waals surface area contributed by atoms with Crippen LogP contribution < -0.4 is 9.47 Å². The number of methoxy groups -OCH3 is 1. The summed E-state index contributed by atoms with van der Waals surface area (Å²) >= 11 is 8.69. The number of hydrogen-bond donors (Lipinski definition) is 0. The van der Waals surface area contributed by atoms with Crippen LogP contribution in [0, 0.1) is 12.7 Å². The van der Waals surface area contributed by atoms with Gasteiger partial charge in [-0.3, -0.25) is 9.88 Å². The second-order valence-corrected chi connectivity index (χ2v) is 12.1.